The maximum atomic E-state index is 13.0. The maximum absolute atomic E-state index is 13.0. The van der Waals surface area contributed by atoms with Crippen molar-refractivity contribution >= 4 is 5.91 Å². The lowest BCUT2D eigenvalue weighted by Gasteiger charge is -2.53. The molecular weight excluding hydrogens is 454 g/mol. The molecule has 1 aromatic rings. The fourth-order valence-electron chi connectivity index (χ4n) is 5.91. The summed E-state index contributed by atoms with van der Waals surface area (Å²) in [6, 6.07) is 7.24. The molecule has 0 aromatic carbocycles. The Morgan fingerprint density at radius 3 is 2.56 bits per heavy atom. The summed E-state index contributed by atoms with van der Waals surface area (Å²) in [4.78, 5) is 24.6. The summed E-state index contributed by atoms with van der Waals surface area (Å²) in [5, 5.41) is 11.0. The van der Waals surface area contributed by atoms with Crippen molar-refractivity contribution in [1.29, 1.82) is 5.26 Å². The van der Waals surface area contributed by atoms with Crippen LogP contribution in [0.15, 0.2) is 30.2 Å². The summed E-state index contributed by atoms with van der Waals surface area (Å²) in [5.41, 5.74) is 5.50. The Morgan fingerprint density at radius 1 is 1.19 bits per heavy atom. The molecule has 0 radical (unpaired) electrons. The third kappa shape index (κ3) is 5.22. The summed E-state index contributed by atoms with van der Waals surface area (Å²) in [6.45, 7) is 12.8. The largest absolute Gasteiger partial charge is 0.489 e. The minimum Gasteiger partial charge on any atom is -0.489 e. The molecule has 0 bridgehead atoms. The molecule has 0 aliphatic carbocycles. The van der Waals surface area contributed by atoms with Crippen molar-refractivity contribution in [2.24, 2.45) is 0 Å². The van der Waals surface area contributed by atoms with Crippen LogP contribution >= 0.6 is 0 Å². The fraction of sp³-hybridized carbons (Fsp3) is 0.667. The number of carbonyl (C=O) groups is 1. The number of aromatic nitrogens is 1. The minimum atomic E-state index is 0.00625. The second kappa shape index (κ2) is 11.2. The Labute approximate surface area is 215 Å². The summed E-state index contributed by atoms with van der Waals surface area (Å²) in [5.74, 6) is 0.934. The van der Waals surface area contributed by atoms with Gasteiger partial charge in [0.05, 0.1) is 35.8 Å². The van der Waals surface area contributed by atoms with Crippen molar-refractivity contribution in [3.05, 3.63) is 35.9 Å². The van der Waals surface area contributed by atoms with Crippen LogP contribution in [-0.4, -0.2) is 87.6 Å². The lowest BCUT2D eigenvalue weighted by atomic mass is 9.90. The third-order valence-electron chi connectivity index (χ3n) is 7.89. The number of amides is 1. The zero-order valence-corrected chi connectivity index (χ0v) is 22.5. The number of rotatable bonds is 8. The van der Waals surface area contributed by atoms with Gasteiger partial charge in [0.1, 0.15) is 12.3 Å². The molecule has 5 atom stereocenters. The SMILES string of the molecule is CC[C@H]1CN([C@H](C)c2ccc(OC(C)C)cn2)[C@H](CC)CN1C1CC(=O)N(C)C2=CN(CC#N)NC21. The van der Waals surface area contributed by atoms with Gasteiger partial charge in [-0.25, -0.2) is 5.43 Å². The van der Waals surface area contributed by atoms with E-state index in [2.05, 4.69) is 48.1 Å². The number of nitriles is 1. The number of likely N-dealkylation sites (N-methyl/N-ethyl adjacent to an activating group) is 1. The number of fused-ring (bicyclic) bond motifs is 1. The highest BCUT2D eigenvalue weighted by Gasteiger charge is 2.47. The van der Waals surface area contributed by atoms with Crippen LogP contribution < -0.4 is 10.2 Å². The van der Waals surface area contributed by atoms with Crippen LogP contribution in [-0.2, 0) is 4.79 Å². The van der Waals surface area contributed by atoms with Crippen LogP contribution in [0.4, 0.5) is 0 Å². The van der Waals surface area contributed by atoms with Crippen LogP contribution in [0, 0.1) is 11.3 Å². The number of hydrazine groups is 1. The van der Waals surface area contributed by atoms with Gasteiger partial charge < -0.3 is 9.64 Å². The van der Waals surface area contributed by atoms with Crippen LogP contribution in [0.3, 0.4) is 0 Å². The van der Waals surface area contributed by atoms with Crippen molar-refractivity contribution in [1.82, 2.24) is 30.1 Å². The summed E-state index contributed by atoms with van der Waals surface area (Å²) >= 11 is 0. The lowest BCUT2D eigenvalue weighted by molar-refractivity contribution is -0.134. The second-order valence-electron chi connectivity index (χ2n) is 10.5. The van der Waals surface area contributed by atoms with Gasteiger partial charge in [-0.15, -0.1) is 0 Å². The zero-order chi connectivity index (χ0) is 26.0. The molecule has 1 aromatic heterocycles. The molecule has 1 amide bonds. The van der Waals surface area contributed by atoms with E-state index in [9.17, 15) is 10.1 Å². The van der Waals surface area contributed by atoms with Crippen molar-refractivity contribution < 1.29 is 9.53 Å². The lowest BCUT2D eigenvalue weighted by Crippen LogP contribution is -2.66. The van der Waals surface area contributed by atoms with E-state index in [4.69, 9.17) is 9.72 Å². The van der Waals surface area contributed by atoms with E-state index in [1.807, 2.05) is 44.4 Å². The minimum absolute atomic E-state index is 0.00625. The topological polar surface area (TPSA) is 88.0 Å². The maximum Gasteiger partial charge on any atom is 0.228 e. The Hall–Kier alpha value is -2.67. The molecule has 3 aliphatic rings. The number of piperazine rings is 1. The van der Waals surface area contributed by atoms with E-state index in [1.165, 1.54) is 0 Å². The molecule has 1 N–H and O–H groups in total. The Bertz CT molecular complexity index is 989. The molecule has 0 spiro atoms. The first kappa shape index (κ1) is 26.4. The molecule has 4 heterocycles. The van der Waals surface area contributed by atoms with Gasteiger partial charge in [0.2, 0.25) is 5.91 Å². The molecule has 36 heavy (non-hydrogen) atoms. The van der Waals surface area contributed by atoms with Crippen molar-refractivity contribution in [2.75, 3.05) is 26.7 Å². The number of likely N-dealkylation sites (tertiary alicyclic amines) is 1. The van der Waals surface area contributed by atoms with Crippen LogP contribution in [0.5, 0.6) is 5.75 Å². The number of hydrogen-bond acceptors (Lipinski definition) is 8. The van der Waals surface area contributed by atoms with Gasteiger partial charge in [0.25, 0.3) is 0 Å². The standard InChI is InChI=1S/C27H41N7O2/c1-7-20-16-34(24-13-26(35)31(6)25-17-32(12-11-28)30-27(24)25)21(8-2)15-33(20)19(5)23-10-9-22(14-29-23)36-18(3)4/h9-10,14,17-21,24,27,30H,7-8,12-13,15-16H2,1-6H3/t19-,20-,21+,24?,27?/m1/s1. The van der Waals surface area contributed by atoms with Crippen molar-refractivity contribution in [3.63, 3.8) is 0 Å². The molecule has 2 saturated heterocycles. The first-order valence-corrected chi connectivity index (χ1v) is 13.3. The number of nitrogens with one attached hydrogen (secondary N) is 1. The zero-order valence-electron chi connectivity index (χ0n) is 22.5. The Balaban J connectivity index is 1.53. The summed E-state index contributed by atoms with van der Waals surface area (Å²) in [7, 11) is 1.84. The second-order valence-corrected chi connectivity index (χ2v) is 10.5. The monoisotopic (exact) mass is 495 g/mol. The number of piperidine rings is 1. The van der Waals surface area contributed by atoms with Gasteiger partial charge in [-0.05, 0) is 45.7 Å². The molecule has 0 saturated carbocycles. The van der Waals surface area contributed by atoms with E-state index in [1.54, 1.807) is 4.90 Å². The molecule has 3 aliphatic heterocycles. The van der Waals surface area contributed by atoms with Gasteiger partial charge in [0.15, 0.2) is 0 Å². The molecule has 9 heteroatoms. The summed E-state index contributed by atoms with van der Waals surface area (Å²) < 4.78 is 5.78. The highest BCUT2D eigenvalue weighted by atomic mass is 16.5. The molecule has 2 fully saturated rings. The Kier molecular flexibility index (Phi) is 8.18. The van der Waals surface area contributed by atoms with Crippen LogP contribution in [0.2, 0.25) is 0 Å². The number of nitrogens with zero attached hydrogens (tertiary/aromatic N) is 6. The highest BCUT2D eigenvalue weighted by molar-refractivity contribution is 5.80. The van der Waals surface area contributed by atoms with Gasteiger partial charge in [-0.2, -0.15) is 5.26 Å². The van der Waals surface area contributed by atoms with Crippen molar-refractivity contribution in [2.45, 2.75) is 90.2 Å². The predicted molar refractivity (Wildman–Crippen MR) is 138 cm³/mol. The number of hydrogen-bond donors (Lipinski definition) is 1. The van der Waals surface area contributed by atoms with Gasteiger partial charge >= 0.3 is 0 Å². The van der Waals surface area contributed by atoms with Gasteiger partial charge in [-0.3, -0.25) is 24.6 Å². The fourth-order valence-corrected chi connectivity index (χ4v) is 5.91. The van der Waals surface area contributed by atoms with E-state index in [-0.39, 0.29) is 36.7 Å². The third-order valence-corrected chi connectivity index (χ3v) is 7.89. The number of ether oxygens (including phenoxy) is 1. The van der Waals surface area contributed by atoms with Gasteiger partial charge in [0, 0.05) is 56.9 Å². The van der Waals surface area contributed by atoms with Crippen molar-refractivity contribution in [3.8, 4) is 11.8 Å². The van der Waals surface area contributed by atoms with E-state index in [0.29, 0.717) is 18.5 Å². The smallest absolute Gasteiger partial charge is 0.228 e. The normalized spacial score (nSPS) is 28.2. The van der Waals surface area contributed by atoms with E-state index >= 15 is 0 Å². The Morgan fingerprint density at radius 2 is 1.94 bits per heavy atom. The molecule has 4 rings (SSSR count). The van der Waals surface area contributed by atoms with Crippen LogP contribution in [0.1, 0.15) is 65.6 Å². The molecule has 196 valence electrons. The number of carbonyl (C=O) groups excluding carboxylic acids is 1. The average Bonchev–Trinajstić information content (AvgIpc) is 3.29. The van der Waals surface area contributed by atoms with E-state index < -0.39 is 0 Å². The van der Waals surface area contributed by atoms with E-state index in [0.717, 1.165) is 43.1 Å². The molecular formula is C27H41N7O2. The van der Waals surface area contributed by atoms with Gasteiger partial charge in [-0.1, -0.05) is 13.8 Å². The quantitative estimate of drug-likeness (QED) is 0.551. The highest BCUT2D eigenvalue weighted by Crippen LogP contribution is 2.35. The number of pyridine rings is 1. The first-order chi connectivity index (χ1) is 17.3. The predicted octanol–water partition coefficient (Wildman–Crippen LogP) is 2.89. The van der Waals surface area contributed by atoms with Crippen LogP contribution in [0.25, 0.3) is 0 Å². The molecule has 9 nitrogen and oxygen atoms in total. The summed E-state index contributed by atoms with van der Waals surface area (Å²) in [6.07, 6.45) is 6.38. The first-order valence-electron chi connectivity index (χ1n) is 13.3. The average molecular weight is 496 g/mol. The molecule has 2 unspecified atom stereocenters.